The first-order valence-electron chi connectivity index (χ1n) is 7.84. The third-order valence-corrected chi connectivity index (χ3v) is 3.99. The van der Waals surface area contributed by atoms with Crippen molar-refractivity contribution in [3.05, 3.63) is 66.5 Å². The summed E-state index contributed by atoms with van der Waals surface area (Å²) in [5.41, 5.74) is 2.46. The van der Waals surface area contributed by atoms with E-state index in [1.807, 2.05) is 24.3 Å². The van der Waals surface area contributed by atoms with Crippen molar-refractivity contribution in [3.63, 3.8) is 0 Å². The Morgan fingerprint density at radius 2 is 1.96 bits per heavy atom. The lowest BCUT2D eigenvalue weighted by atomic mass is 10.0. The molecule has 1 aromatic heterocycles. The van der Waals surface area contributed by atoms with Crippen LogP contribution in [0.1, 0.15) is 10.5 Å². The molecule has 2 aromatic carbocycles. The standard InChI is InChI=1S/C19H18FN3O3/c1-22(26-3)19(24)17-11-23(12-21-17)14-7-4-6-13(10-14)15-8-5-9-16(20)18(15)25-2/h4-12H,1-3H3. The molecule has 3 rings (SSSR count). The second-order valence-corrected chi connectivity index (χ2v) is 5.52. The van der Waals surface area contributed by atoms with Gasteiger partial charge in [0.05, 0.1) is 14.2 Å². The maximum Gasteiger partial charge on any atom is 0.297 e. The summed E-state index contributed by atoms with van der Waals surface area (Å²) < 4.78 is 20.9. The van der Waals surface area contributed by atoms with Gasteiger partial charge in [0.1, 0.15) is 12.0 Å². The highest BCUT2D eigenvalue weighted by Gasteiger charge is 2.15. The number of methoxy groups -OCH3 is 1. The number of hydroxylamine groups is 2. The van der Waals surface area contributed by atoms with Gasteiger partial charge in [0.25, 0.3) is 5.91 Å². The number of hydrogen-bond donors (Lipinski definition) is 0. The molecule has 0 aliphatic heterocycles. The lowest BCUT2D eigenvalue weighted by Gasteiger charge is -2.12. The number of benzene rings is 2. The normalized spacial score (nSPS) is 10.6. The van der Waals surface area contributed by atoms with Gasteiger partial charge in [0.15, 0.2) is 11.6 Å². The third-order valence-electron chi connectivity index (χ3n) is 3.99. The average molecular weight is 355 g/mol. The van der Waals surface area contributed by atoms with E-state index >= 15 is 0 Å². The molecule has 0 N–H and O–H groups in total. The van der Waals surface area contributed by atoms with Gasteiger partial charge in [-0.1, -0.05) is 24.3 Å². The first-order chi connectivity index (χ1) is 12.5. The molecule has 0 bridgehead atoms. The Morgan fingerprint density at radius 3 is 2.69 bits per heavy atom. The number of aromatic nitrogens is 2. The summed E-state index contributed by atoms with van der Waals surface area (Å²) in [6.07, 6.45) is 3.15. The minimum Gasteiger partial charge on any atom is -0.493 e. The van der Waals surface area contributed by atoms with E-state index in [2.05, 4.69) is 4.98 Å². The Morgan fingerprint density at radius 1 is 1.19 bits per heavy atom. The first kappa shape index (κ1) is 17.6. The van der Waals surface area contributed by atoms with Crippen LogP contribution >= 0.6 is 0 Å². The minimum atomic E-state index is -0.423. The van der Waals surface area contributed by atoms with Crippen LogP contribution in [0.3, 0.4) is 0 Å². The molecule has 7 heteroatoms. The first-order valence-corrected chi connectivity index (χ1v) is 7.84. The molecule has 0 unspecified atom stereocenters. The quantitative estimate of drug-likeness (QED) is 0.659. The number of amides is 1. The summed E-state index contributed by atoms with van der Waals surface area (Å²) in [6, 6.07) is 12.2. The van der Waals surface area contributed by atoms with Crippen LogP contribution in [0.5, 0.6) is 5.75 Å². The van der Waals surface area contributed by atoms with E-state index in [4.69, 9.17) is 9.57 Å². The monoisotopic (exact) mass is 355 g/mol. The van der Waals surface area contributed by atoms with Gasteiger partial charge in [0, 0.05) is 24.5 Å². The smallest absolute Gasteiger partial charge is 0.297 e. The van der Waals surface area contributed by atoms with Gasteiger partial charge >= 0.3 is 0 Å². The van der Waals surface area contributed by atoms with Crippen molar-refractivity contribution in [1.82, 2.24) is 14.6 Å². The molecule has 0 aliphatic rings. The van der Waals surface area contributed by atoms with E-state index < -0.39 is 5.82 Å². The number of imidazole rings is 1. The molecule has 1 heterocycles. The highest BCUT2D eigenvalue weighted by atomic mass is 19.1. The van der Waals surface area contributed by atoms with Crippen molar-refractivity contribution in [1.29, 1.82) is 0 Å². The molecule has 6 nitrogen and oxygen atoms in total. The number of carbonyl (C=O) groups excluding carboxylic acids is 1. The number of carbonyl (C=O) groups is 1. The predicted molar refractivity (Wildman–Crippen MR) is 94.6 cm³/mol. The van der Waals surface area contributed by atoms with Crippen molar-refractivity contribution in [2.75, 3.05) is 21.3 Å². The zero-order chi connectivity index (χ0) is 18.7. The average Bonchev–Trinajstić information content (AvgIpc) is 3.17. The molecular formula is C19H18FN3O3. The van der Waals surface area contributed by atoms with E-state index in [-0.39, 0.29) is 17.4 Å². The molecule has 134 valence electrons. The molecular weight excluding hydrogens is 337 g/mol. The third kappa shape index (κ3) is 3.29. The van der Waals surface area contributed by atoms with Crippen LogP contribution in [0.25, 0.3) is 16.8 Å². The Hall–Kier alpha value is -3.19. The fourth-order valence-electron chi connectivity index (χ4n) is 2.60. The van der Waals surface area contributed by atoms with Gasteiger partial charge in [-0.15, -0.1) is 0 Å². The van der Waals surface area contributed by atoms with E-state index in [0.717, 1.165) is 16.3 Å². The maximum atomic E-state index is 14.0. The molecule has 0 radical (unpaired) electrons. The number of nitrogens with zero attached hydrogens (tertiary/aromatic N) is 3. The molecule has 0 saturated carbocycles. The number of ether oxygens (including phenoxy) is 1. The molecule has 0 fully saturated rings. The zero-order valence-corrected chi connectivity index (χ0v) is 14.6. The predicted octanol–water partition coefficient (Wildman–Crippen LogP) is 3.32. The number of para-hydroxylation sites is 1. The lowest BCUT2D eigenvalue weighted by Crippen LogP contribution is -2.25. The topological polar surface area (TPSA) is 56.6 Å². The van der Waals surface area contributed by atoms with Crippen LogP contribution in [0.4, 0.5) is 4.39 Å². The van der Waals surface area contributed by atoms with Crippen molar-refractivity contribution in [2.24, 2.45) is 0 Å². The number of hydrogen-bond acceptors (Lipinski definition) is 4. The summed E-state index contributed by atoms with van der Waals surface area (Å²) in [5, 5.41) is 1.10. The van der Waals surface area contributed by atoms with E-state index in [1.54, 1.807) is 29.2 Å². The SMILES string of the molecule is COc1c(F)cccc1-c1cccc(-n2cnc(C(=O)N(C)OC)c2)c1. The second kappa shape index (κ2) is 7.37. The number of halogens is 1. The Bertz CT molecular complexity index is 939. The molecule has 3 aromatic rings. The van der Waals surface area contributed by atoms with Crippen LogP contribution < -0.4 is 4.74 Å². The molecule has 0 spiro atoms. The number of rotatable bonds is 5. The van der Waals surface area contributed by atoms with Crippen LogP contribution in [-0.4, -0.2) is 41.8 Å². The lowest BCUT2D eigenvalue weighted by molar-refractivity contribution is -0.0760. The summed E-state index contributed by atoms with van der Waals surface area (Å²) in [6.45, 7) is 0. The Kier molecular flexibility index (Phi) is 4.99. The van der Waals surface area contributed by atoms with Crippen molar-refractivity contribution >= 4 is 5.91 Å². The summed E-state index contributed by atoms with van der Waals surface area (Å²) in [5.74, 6) is -0.587. The van der Waals surface area contributed by atoms with E-state index in [1.165, 1.54) is 27.3 Å². The molecule has 0 saturated heterocycles. The fraction of sp³-hybridized carbons (Fsp3) is 0.158. The van der Waals surface area contributed by atoms with E-state index in [9.17, 15) is 9.18 Å². The summed E-state index contributed by atoms with van der Waals surface area (Å²) in [4.78, 5) is 21.1. The molecule has 0 atom stereocenters. The van der Waals surface area contributed by atoms with Gasteiger partial charge in [0.2, 0.25) is 0 Å². The Labute approximate surface area is 150 Å². The van der Waals surface area contributed by atoms with Gasteiger partial charge in [-0.3, -0.25) is 9.63 Å². The molecule has 0 aliphatic carbocycles. The minimum absolute atomic E-state index is 0.188. The summed E-state index contributed by atoms with van der Waals surface area (Å²) >= 11 is 0. The van der Waals surface area contributed by atoms with Crippen LogP contribution in [-0.2, 0) is 4.84 Å². The maximum absolute atomic E-state index is 14.0. The van der Waals surface area contributed by atoms with Gasteiger partial charge in [-0.2, -0.15) is 0 Å². The highest BCUT2D eigenvalue weighted by molar-refractivity contribution is 5.91. The van der Waals surface area contributed by atoms with Crippen molar-refractivity contribution in [2.45, 2.75) is 0 Å². The van der Waals surface area contributed by atoms with Crippen molar-refractivity contribution in [3.8, 4) is 22.6 Å². The van der Waals surface area contributed by atoms with Gasteiger partial charge in [-0.05, 0) is 23.8 Å². The molecule has 1 amide bonds. The zero-order valence-electron chi connectivity index (χ0n) is 14.6. The van der Waals surface area contributed by atoms with Crippen LogP contribution in [0.2, 0.25) is 0 Å². The van der Waals surface area contributed by atoms with Crippen LogP contribution in [0.15, 0.2) is 55.0 Å². The van der Waals surface area contributed by atoms with Crippen LogP contribution in [0, 0.1) is 5.82 Å². The van der Waals surface area contributed by atoms with Gasteiger partial charge in [-0.25, -0.2) is 14.4 Å². The highest BCUT2D eigenvalue weighted by Crippen LogP contribution is 2.33. The van der Waals surface area contributed by atoms with Crippen molar-refractivity contribution < 1.29 is 18.8 Å². The Balaban J connectivity index is 1.98. The summed E-state index contributed by atoms with van der Waals surface area (Å²) in [7, 11) is 4.36. The largest absolute Gasteiger partial charge is 0.493 e. The van der Waals surface area contributed by atoms with E-state index in [0.29, 0.717) is 5.56 Å². The fourth-order valence-corrected chi connectivity index (χ4v) is 2.60. The molecule has 26 heavy (non-hydrogen) atoms. The second-order valence-electron chi connectivity index (χ2n) is 5.52. The van der Waals surface area contributed by atoms with Gasteiger partial charge < -0.3 is 9.30 Å².